The van der Waals surface area contributed by atoms with E-state index in [1.54, 1.807) is 36.2 Å². The van der Waals surface area contributed by atoms with E-state index < -0.39 is 0 Å². The van der Waals surface area contributed by atoms with Gasteiger partial charge in [-0.25, -0.2) is 4.98 Å². The molecule has 1 rings (SSSR count). The number of anilines is 2. The Hall–Kier alpha value is -1.85. The zero-order valence-corrected chi connectivity index (χ0v) is 11.5. The van der Waals surface area contributed by atoms with E-state index in [1.165, 1.54) is 0 Å². The minimum atomic E-state index is 0.0409. The van der Waals surface area contributed by atoms with Gasteiger partial charge in [0.25, 0.3) is 0 Å². The molecule has 0 saturated heterocycles. The number of amides is 1. The molecule has 1 amide bonds. The molecule has 1 aromatic rings. The molecule has 0 atom stereocenters. The van der Waals surface area contributed by atoms with Crippen LogP contribution in [0.5, 0.6) is 0 Å². The molecular formula is C12H21N5O. The van der Waals surface area contributed by atoms with Crippen LogP contribution < -0.4 is 10.2 Å². The number of hydrogen-bond acceptors (Lipinski definition) is 5. The molecule has 0 aliphatic heterocycles. The number of carbonyl (C=O) groups excluding carboxylic acids is 1. The van der Waals surface area contributed by atoms with Gasteiger partial charge in [0, 0.05) is 33.9 Å². The van der Waals surface area contributed by atoms with Gasteiger partial charge in [0.05, 0.1) is 6.54 Å². The van der Waals surface area contributed by atoms with Crippen molar-refractivity contribution in [1.82, 2.24) is 14.9 Å². The summed E-state index contributed by atoms with van der Waals surface area (Å²) in [5, 5.41) is 3.12. The lowest BCUT2D eigenvalue weighted by Crippen LogP contribution is -2.34. The van der Waals surface area contributed by atoms with Gasteiger partial charge in [-0.1, -0.05) is 6.92 Å². The van der Waals surface area contributed by atoms with Crippen LogP contribution in [0.1, 0.15) is 13.3 Å². The van der Waals surface area contributed by atoms with E-state index in [-0.39, 0.29) is 5.91 Å². The van der Waals surface area contributed by atoms with E-state index >= 15 is 0 Å². The number of nitrogens with one attached hydrogen (secondary N) is 1. The molecule has 6 heteroatoms. The van der Waals surface area contributed by atoms with Crippen molar-refractivity contribution in [3.63, 3.8) is 0 Å². The van der Waals surface area contributed by atoms with Gasteiger partial charge in [-0.05, 0) is 12.5 Å². The first-order valence-electron chi connectivity index (χ1n) is 6.02. The van der Waals surface area contributed by atoms with Crippen molar-refractivity contribution in [2.75, 3.05) is 44.4 Å². The summed E-state index contributed by atoms with van der Waals surface area (Å²) in [5.74, 6) is 1.37. The van der Waals surface area contributed by atoms with Gasteiger partial charge in [-0.15, -0.1) is 0 Å². The summed E-state index contributed by atoms with van der Waals surface area (Å²) in [6.07, 6.45) is 2.71. The SMILES string of the molecule is CCCNc1nccc(N(C)CC(=O)N(C)C)n1. The Labute approximate surface area is 108 Å². The minimum absolute atomic E-state index is 0.0409. The van der Waals surface area contributed by atoms with Gasteiger partial charge in [0.1, 0.15) is 5.82 Å². The molecule has 0 aromatic carbocycles. The van der Waals surface area contributed by atoms with Crippen molar-refractivity contribution >= 4 is 17.7 Å². The van der Waals surface area contributed by atoms with Gasteiger partial charge in [0.15, 0.2) is 0 Å². The fourth-order valence-corrected chi connectivity index (χ4v) is 1.31. The molecule has 0 bridgehead atoms. The van der Waals surface area contributed by atoms with Crippen LogP contribution in [0.2, 0.25) is 0 Å². The molecule has 0 radical (unpaired) electrons. The fraction of sp³-hybridized carbons (Fsp3) is 0.583. The van der Waals surface area contributed by atoms with Crippen LogP contribution in [0.25, 0.3) is 0 Å². The van der Waals surface area contributed by atoms with Crippen molar-refractivity contribution in [2.45, 2.75) is 13.3 Å². The molecule has 0 unspecified atom stereocenters. The zero-order chi connectivity index (χ0) is 13.5. The first-order valence-corrected chi connectivity index (χ1v) is 6.02. The van der Waals surface area contributed by atoms with Gasteiger partial charge < -0.3 is 15.1 Å². The fourth-order valence-electron chi connectivity index (χ4n) is 1.31. The minimum Gasteiger partial charge on any atom is -0.354 e. The molecule has 1 N–H and O–H groups in total. The molecule has 6 nitrogen and oxygen atoms in total. The largest absolute Gasteiger partial charge is 0.354 e. The summed E-state index contributed by atoms with van der Waals surface area (Å²) in [6.45, 7) is 3.22. The van der Waals surface area contributed by atoms with Crippen LogP contribution >= 0.6 is 0 Å². The maximum atomic E-state index is 11.6. The first-order chi connectivity index (χ1) is 8.54. The third-order valence-corrected chi connectivity index (χ3v) is 2.44. The maximum absolute atomic E-state index is 11.6. The van der Waals surface area contributed by atoms with Gasteiger partial charge in [-0.2, -0.15) is 4.98 Å². The summed E-state index contributed by atoms with van der Waals surface area (Å²) in [7, 11) is 5.32. The molecule has 18 heavy (non-hydrogen) atoms. The normalized spacial score (nSPS) is 10.0. The Morgan fingerprint density at radius 3 is 2.72 bits per heavy atom. The summed E-state index contributed by atoms with van der Waals surface area (Å²) in [4.78, 5) is 23.5. The molecule has 100 valence electrons. The van der Waals surface area contributed by atoms with Crippen molar-refractivity contribution in [3.8, 4) is 0 Å². The lowest BCUT2D eigenvalue weighted by molar-refractivity contribution is -0.127. The monoisotopic (exact) mass is 251 g/mol. The van der Waals surface area contributed by atoms with Gasteiger partial charge in [0.2, 0.25) is 11.9 Å². The molecule has 0 saturated carbocycles. The molecule has 1 heterocycles. The Balaban J connectivity index is 2.67. The Morgan fingerprint density at radius 2 is 2.11 bits per heavy atom. The van der Waals surface area contributed by atoms with E-state index in [9.17, 15) is 4.79 Å². The van der Waals surface area contributed by atoms with Crippen LogP contribution in [0.3, 0.4) is 0 Å². The smallest absolute Gasteiger partial charge is 0.241 e. The summed E-state index contributed by atoms with van der Waals surface area (Å²) < 4.78 is 0. The molecule has 1 aromatic heterocycles. The van der Waals surface area contributed by atoms with E-state index in [0.717, 1.165) is 18.8 Å². The highest BCUT2D eigenvalue weighted by molar-refractivity contribution is 5.80. The molecule has 0 aliphatic carbocycles. The first kappa shape index (κ1) is 14.2. The summed E-state index contributed by atoms with van der Waals surface area (Å²) in [5.41, 5.74) is 0. The number of aromatic nitrogens is 2. The van der Waals surface area contributed by atoms with Crippen LogP contribution in [-0.4, -0.2) is 55.0 Å². The van der Waals surface area contributed by atoms with Crippen LogP contribution in [-0.2, 0) is 4.79 Å². The number of rotatable bonds is 6. The molecule has 0 spiro atoms. The van der Waals surface area contributed by atoms with Crippen LogP contribution in [0, 0.1) is 0 Å². The lowest BCUT2D eigenvalue weighted by Gasteiger charge is -2.20. The average molecular weight is 251 g/mol. The Kier molecular flexibility index (Phi) is 5.35. The Bertz CT molecular complexity index is 394. The summed E-state index contributed by atoms with van der Waals surface area (Å²) in [6, 6.07) is 1.79. The predicted molar refractivity (Wildman–Crippen MR) is 72.8 cm³/mol. The lowest BCUT2D eigenvalue weighted by atomic mass is 10.4. The number of nitrogens with zero attached hydrogens (tertiary/aromatic N) is 4. The van der Waals surface area contributed by atoms with Crippen molar-refractivity contribution in [2.24, 2.45) is 0 Å². The highest BCUT2D eigenvalue weighted by Gasteiger charge is 2.10. The van der Waals surface area contributed by atoms with Gasteiger partial charge in [-0.3, -0.25) is 4.79 Å². The van der Waals surface area contributed by atoms with Crippen molar-refractivity contribution in [3.05, 3.63) is 12.3 Å². The molecule has 0 fully saturated rings. The Morgan fingerprint density at radius 1 is 1.39 bits per heavy atom. The van der Waals surface area contributed by atoms with E-state index in [4.69, 9.17) is 0 Å². The quantitative estimate of drug-likeness (QED) is 0.811. The highest BCUT2D eigenvalue weighted by Crippen LogP contribution is 2.10. The van der Waals surface area contributed by atoms with Crippen molar-refractivity contribution < 1.29 is 4.79 Å². The van der Waals surface area contributed by atoms with E-state index in [1.807, 2.05) is 7.05 Å². The number of hydrogen-bond donors (Lipinski definition) is 1. The maximum Gasteiger partial charge on any atom is 0.241 e. The standard InChI is InChI=1S/C12H21N5O/c1-5-7-13-12-14-8-6-10(15-12)17(4)9-11(18)16(2)3/h6,8H,5,7,9H2,1-4H3,(H,13,14,15). The van der Waals surface area contributed by atoms with Crippen LogP contribution in [0.4, 0.5) is 11.8 Å². The molecular weight excluding hydrogens is 230 g/mol. The number of likely N-dealkylation sites (N-methyl/N-ethyl adjacent to an activating group) is 2. The number of carbonyl (C=O) groups is 1. The summed E-state index contributed by atoms with van der Waals surface area (Å²) >= 11 is 0. The van der Waals surface area contributed by atoms with E-state index in [0.29, 0.717) is 12.5 Å². The van der Waals surface area contributed by atoms with Gasteiger partial charge >= 0.3 is 0 Å². The second-order valence-corrected chi connectivity index (χ2v) is 4.31. The third kappa shape index (κ3) is 4.20. The van der Waals surface area contributed by atoms with E-state index in [2.05, 4.69) is 22.2 Å². The average Bonchev–Trinajstić information content (AvgIpc) is 2.36. The zero-order valence-electron chi connectivity index (χ0n) is 11.5. The molecule has 0 aliphatic rings. The predicted octanol–water partition coefficient (Wildman–Crippen LogP) is 0.823. The second kappa shape index (κ2) is 6.78. The second-order valence-electron chi connectivity index (χ2n) is 4.31. The van der Waals surface area contributed by atoms with Crippen molar-refractivity contribution in [1.29, 1.82) is 0 Å². The third-order valence-electron chi connectivity index (χ3n) is 2.44. The topological polar surface area (TPSA) is 61.4 Å². The van der Waals surface area contributed by atoms with Crippen LogP contribution in [0.15, 0.2) is 12.3 Å². The highest BCUT2D eigenvalue weighted by atomic mass is 16.2.